The number of amides is 1. The van der Waals surface area contributed by atoms with Gasteiger partial charge in [-0.3, -0.25) is 9.59 Å². The highest BCUT2D eigenvalue weighted by molar-refractivity contribution is 5.76. The van der Waals surface area contributed by atoms with Crippen molar-refractivity contribution in [1.82, 2.24) is 4.90 Å². The summed E-state index contributed by atoms with van der Waals surface area (Å²) in [6, 6.07) is 0. The minimum absolute atomic E-state index is 0.0408. The van der Waals surface area contributed by atoms with Crippen molar-refractivity contribution in [3.8, 4) is 0 Å². The normalized spacial score (nSPS) is 12.0. The Morgan fingerprint density at radius 3 is 2.00 bits per heavy atom. The largest absolute Gasteiger partial charge is 0.463 e. The number of nitrogens with zero attached hydrogens (tertiary/aromatic N) is 1. The van der Waals surface area contributed by atoms with Gasteiger partial charge in [-0.05, 0) is 19.8 Å². The van der Waals surface area contributed by atoms with E-state index in [1.807, 2.05) is 0 Å². The summed E-state index contributed by atoms with van der Waals surface area (Å²) in [6.07, 6.45) is 4.38. The molecule has 0 spiro atoms. The number of rotatable bonds is 14. The zero-order valence-electron chi connectivity index (χ0n) is 14.1. The van der Waals surface area contributed by atoms with Gasteiger partial charge < -0.3 is 25.0 Å². The van der Waals surface area contributed by atoms with E-state index in [9.17, 15) is 9.59 Å². The van der Waals surface area contributed by atoms with Gasteiger partial charge in [0.25, 0.3) is 0 Å². The molecule has 0 aromatic carbocycles. The average Bonchev–Trinajstić information content (AvgIpc) is 2.51. The summed E-state index contributed by atoms with van der Waals surface area (Å²) in [4.78, 5) is 24.6. The van der Waals surface area contributed by atoms with E-state index in [-0.39, 0.29) is 44.8 Å². The summed E-state index contributed by atoms with van der Waals surface area (Å²) in [5, 5.41) is 26.7. The van der Waals surface area contributed by atoms with Gasteiger partial charge in [0.1, 0.15) is 6.61 Å². The summed E-state index contributed by atoms with van der Waals surface area (Å²) in [5.41, 5.74) is 0. The van der Waals surface area contributed by atoms with E-state index in [1.165, 1.54) is 4.90 Å². The van der Waals surface area contributed by atoms with E-state index < -0.39 is 6.10 Å². The molecule has 1 amide bonds. The van der Waals surface area contributed by atoms with Crippen LogP contribution >= 0.6 is 0 Å². The van der Waals surface area contributed by atoms with Crippen molar-refractivity contribution < 1.29 is 29.6 Å². The summed E-state index contributed by atoms with van der Waals surface area (Å²) in [7, 11) is 0. The second kappa shape index (κ2) is 14.4. The van der Waals surface area contributed by atoms with Crippen LogP contribution < -0.4 is 0 Å². The van der Waals surface area contributed by atoms with E-state index in [2.05, 4.69) is 0 Å². The van der Waals surface area contributed by atoms with Crippen LogP contribution in [0.15, 0.2) is 0 Å². The van der Waals surface area contributed by atoms with Gasteiger partial charge >= 0.3 is 5.97 Å². The molecular weight excluding hydrogens is 302 g/mol. The lowest BCUT2D eigenvalue weighted by Gasteiger charge is -2.20. The number of carbonyl (C=O) groups is 2. The highest BCUT2D eigenvalue weighted by Gasteiger charge is 2.11. The molecule has 0 rings (SSSR count). The third-order valence-electron chi connectivity index (χ3n) is 3.35. The lowest BCUT2D eigenvalue weighted by Crippen LogP contribution is -2.35. The summed E-state index contributed by atoms with van der Waals surface area (Å²) in [6.45, 7) is 1.92. The average molecular weight is 333 g/mol. The van der Waals surface area contributed by atoms with E-state index in [4.69, 9.17) is 20.1 Å². The molecule has 1 atom stereocenters. The Morgan fingerprint density at radius 1 is 0.957 bits per heavy atom. The van der Waals surface area contributed by atoms with Gasteiger partial charge in [0, 0.05) is 25.9 Å². The van der Waals surface area contributed by atoms with Gasteiger partial charge in [-0.25, -0.2) is 0 Å². The topological polar surface area (TPSA) is 107 Å². The zero-order valence-corrected chi connectivity index (χ0v) is 14.1. The van der Waals surface area contributed by atoms with Crippen molar-refractivity contribution in [2.24, 2.45) is 0 Å². The summed E-state index contributed by atoms with van der Waals surface area (Å²) < 4.78 is 4.85. The number of carbonyl (C=O) groups excluding carboxylic acids is 2. The first kappa shape index (κ1) is 21.8. The molecule has 0 bridgehead atoms. The van der Waals surface area contributed by atoms with Gasteiger partial charge in [0.05, 0.1) is 19.3 Å². The fourth-order valence-electron chi connectivity index (χ4n) is 2.12. The van der Waals surface area contributed by atoms with Crippen LogP contribution in [0.1, 0.15) is 51.9 Å². The number of aliphatic hydroxyl groups excluding tert-OH is 3. The van der Waals surface area contributed by atoms with E-state index in [0.29, 0.717) is 12.8 Å². The molecule has 0 aromatic rings. The van der Waals surface area contributed by atoms with Gasteiger partial charge in [-0.1, -0.05) is 19.3 Å². The van der Waals surface area contributed by atoms with Crippen LogP contribution in [0.5, 0.6) is 0 Å². The molecule has 0 saturated heterocycles. The summed E-state index contributed by atoms with van der Waals surface area (Å²) in [5.74, 6) is -0.334. The first-order valence-electron chi connectivity index (χ1n) is 8.34. The Bertz CT molecular complexity index is 316. The molecule has 7 heteroatoms. The molecule has 0 aromatic heterocycles. The lowest BCUT2D eigenvalue weighted by molar-refractivity contribution is -0.146. The maximum atomic E-state index is 11.9. The smallest absolute Gasteiger partial charge is 0.305 e. The lowest BCUT2D eigenvalue weighted by atomic mass is 10.1. The van der Waals surface area contributed by atoms with E-state index in [0.717, 1.165) is 32.1 Å². The Kier molecular flexibility index (Phi) is 13.7. The number of aliphatic hydroxyl groups is 3. The molecule has 0 aliphatic carbocycles. The number of ether oxygens (including phenoxy) is 1. The standard InChI is InChI=1S/C16H31NO6/c1-14(20)13-23-16(22)8-6-4-2-3-5-7-15(21)17(9-11-18)10-12-19/h14,18-20H,2-13H2,1H3. The van der Waals surface area contributed by atoms with Gasteiger partial charge in [-0.15, -0.1) is 0 Å². The van der Waals surface area contributed by atoms with Crippen LogP contribution in [0.4, 0.5) is 0 Å². The van der Waals surface area contributed by atoms with Crippen molar-refractivity contribution in [2.75, 3.05) is 32.9 Å². The zero-order chi connectivity index (χ0) is 17.5. The quantitative estimate of drug-likeness (QED) is 0.315. The van der Waals surface area contributed by atoms with Crippen LogP contribution in [-0.4, -0.2) is 71.1 Å². The Morgan fingerprint density at radius 2 is 1.48 bits per heavy atom. The third kappa shape index (κ3) is 13.0. The van der Waals surface area contributed by atoms with Crippen molar-refractivity contribution in [2.45, 2.75) is 58.0 Å². The molecule has 136 valence electrons. The van der Waals surface area contributed by atoms with Crippen molar-refractivity contribution >= 4 is 11.9 Å². The predicted molar refractivity (Wildman–Crippen MR) is 85.7 cm³/mol. The third-order valence-corrected chi connectivity index (χ3v) is 3.35. The molecule has 23 heavy (non-hydrogen) atoms. The van der Waals surface area contributed by atoms with Crippen LogP contribution in [0.2, 0.25) is 0 Å². The van der Waals surface area contributed by atoms with Crippen molar-refractivity contribution in [3.05, 3.63) is 0 Å². The number of unbranched alkanes of at least 4 members (excludes halogenated alkanes) is 4. The van der Waals surface area contributed by atoms with Crippen LogP contribution in [-0.2, 0) is 14.3 Å². The fourth-order valence-corrected chi connectivity index (χ4v) is 2.12. The first-order chi connectivity index (χ1) is 11.0. The van der Waals surface area contributed by atoms with Gasteiger partial charge in [0.2, 0.25) is 5.91 Å². The maximum absolute atomic E-state index is 11.9. The van der Waals surface area contributed by atoms with E-state index >= 15 is 0 Å². The number of esters is 1. The van der Waals surface area contributed by atoms with Crippen LogP contribution in [0, 0.1) is 0 Å². The molecule has 0 aliphatic heterocycles. The Hall–Kier alpha value is -1.18. The number of hydrogen-bond donors (Lipinski definition) is 3. The van der Waals surface area contributed by atoms with Gasteiger partial charge in [0.15, 0.2) is 0 Å². The highest BCUT2D eigenvalue weighted by atomic mass is 16.5. The summed E-state index contributed by atoms with van der Waals surface area (Å²) >= 11 is 0. The SMILES string of the molecule is CC(O)COC(=O)CCCCCCCC(=O)N(CCO)CCO. The van der Waals surface area contributed by atoms with Crippen molar-refractivity contribution in [3.63, 3.8) is 0 Å². The van der Waals surface area contributed by atoms with Gasteiger partial charge in [-0.2, -0.15) is 0 Å². The molecular formula is C16H31NO6. The predicted octanol–water partition coefficient (Wildman–Crippen LogP) is 0.454. The molecule has 0 saturated carbocycles. The minimum Gasteiger partial charge on any atom is -0.463 e. The Balaban J connectivity index is 3.57. The fraction of sp³-hybridized carbons (Fsp3) is 0.875. The van der Waals surface area contributed by atoms with Crippen LogP contribution in [0.25, 0.3) is 0 Å². The number of hydrogen-bond acceptors (Lipinski definition) is 6. The molecule has 0 aliphatic rings. The molecule has 0 heterocycles. The molecule has 3 N–H and O–H groups in total. The van der Waals surface area contributed by atoms with E-state index in [1.54, 1.807) is 6.92 Å². The maximum Gasteiger partial charge on any atom is 0.305 e. The van der Waals surface area contributed by atoms with Crippen LogP contribution in [0.3, 0.4) is 0 Å². The monoisotopic (exact) mass is 333 g/mol. The second-order valence-electron chi connectivity index (χ2n) is 5.63. The molecule has 1 unspecified atom stereocenters. The second-order valence-corrected chi connectivity index (χ2v) is 5.63. The first-order valence-corrected chi connectivity index (χ1v) is 8.34. The minimum atomic E-state index is -0.632. The highest BCUT2D eigenvalue weighted by Crippen LogP contribution is 2.09. The van der Waals surface area contributed by atoms with Crippen molar-refractivity contribution in [1.29, 1.82) is 0 Å². The molecule has 0 radical (unpaired) electrons. The molecule has 0 fully saturated rings. The Labute approximate surface area is 138 Å². The molecule has 7 nitrogen and oxygen atoms in total.